The van der Waals surface area contributed by atoms with Gasteiger partial charge in [0.2, 0.25) is 0 Å². The highest BCUT2D eigenvalue weighted by molar-refractivity contribution is 7.87. The molecule has 0 aliphatic heterocycles. The van der Waals surface area contributed by atoms with Crippen LogP contribution in [-0.4, -0.2) is 43.9 Å². The number of nitrogens with one attached hydrogen (secondary N) is 2. The van der Waals surface area contributed by atoms with E-state index in [1.165, 1.54) is 28.5 Å². The third kappa shape index (κ3) is 4.78. The van der Waals surface area contributed by atoms with Crippen LogP contribution in [0.1, 0.15) is 29.8 Å². The average Bonchev–Trinajstić information content (AvgIpc) is 3.14. The normalized spacial score (nSPS) is 15.9. The predicted octanol–water partition coefficient (Wildman–Crippen LogP) is 0.860. The molecule has 0 atom stereocenters. The fourth-order valence-electron chi connectivity index (χ4n) is 1.78. The van der Waals surface area contributed by atoms with Crippen LogP contribution in [0.5, 0.6) is 0 Å². The van der Waals surface area contributed by atoms with Gasteiger partial charge in [-0.1, -0.05) is 0 Å². The van der Waals surface area contributed by atoms with Crippen LogP contribution in [0.3, 0.4) is 0 Å². The van der Waals surface area contributed by atoms with Crippen molar-refractivity contribution in [2.24, 2.45) is 0 Å². The second-order valence-corrected chi connectivity index (χ2v) is 7.89. The molecule has 8 heteroatoms. The number of hydrogen-bond donors (Lipinski definition) is 2. The van der Waals surface area contributed by atoms with Gasteiger partial charge in [-0.2, -0.15) is 17.4 Å². The molecule has 0 aromatic carbocycles. The van der Waals surface area contributed by atoms with Gasteiger partial charge in [0.1, 0.15) is 0 Å². The number of nitrogens with zero attached hydrogens (tertiary/aromatic N) is 2. The monoisotopic (exact) mass is 318 g/mol. The van der Waals surface area contributed by atoms with E-state index in [2.05, 4.69) is 15.0 Å². The molecule has 0 unspecified atom stereocenters. The number of thiazole rings is 1. The second-order valence-electron chi connectivity index (χ2n) is 5.09. The van der Waals surface area contributed by atoms with Crippen molar-refractivity contribution in [2.45, 2.75) is 38.8 Å². The van der Waals surface area contributed by atoms with E-state index in [0.717, 1.165) is 23.5 Å². The van der Waals surface area contributed by atoms with E-state index in [9.17, 15) is 8.42 Å². The van der Waals surface area contributed by atoms with Crippen LogP contribution in [0, 0.1) is 6.92 Å². The quantitative estimate of drug-likeness (QED) is 0.662. The lowest BCUT2D eigenvalue weighted by molar-refractivity contribution is 0.444. The van der Waals surface area contributed by atoms with Gasteiger partial charge in [0.15, 0.2) is 0 Å². The minimum atomic E-state index is -3.40. The van der Waals surface area contributed by atoms with Crippen molar-refractivity contribution < 1.29 is 8.42 Å². The first-order valence-corrected chi connectivity index (χ1v) is 9.14. The Morgan fingerprint density at radius 3 is 2.85 bits per heavy atom. The Balaban J connectivity index is 1.71. The number of aryl methyl sites for hydroxylation is 1. The molecular weight excluding hydrogens is 296 g/mol. The molecule has 1 aromatic rings. The smallest absolute Gasteiger partial charge is 0.279 e. The van der Waals surface area contributed by atoms with Gasteiger partial charge in [0.05, 0.1) is 11.2 Å². The van der Waals surface area contributed by atoms with Crippen molar-refractivity contribution in [3.8, 4) is 0 Å². The first kappa shape index (κ1) is 15.8. The van der Waals surface area contributed by atoms with Crippen molar-refractivity contribution in [3.05, 3.63) is 16.1 Å². The van der Waals surface area contributed by atoms with E-state index in [0.29, 0.717) is 19.1 Å². The molecule has 114 valence electrons. The summed E-state index contributed by atoms with van der Waals surface area (Å²) in [6.45, 7) is 3.59. The molecule has 20 heavy (non-hydrogen) atoms. The lowest BCUT2D eigenvalue weighted by Crippen LogP contribution is -2.39. The third-order valence-corrected chi connectivity index (χ3v) is 5.78. The van der Waals surface area contributed by atoms with Gasteiger partial charge in [0, 0.05) is 31.1 Å². The van der Waals surface area contributed by atoms with Gasteiger partial charge in [-0.25, -0.2) is 4.98 Å². The summed E-state index contributed by atoms with van der Waals surface area (Å²) in [5.41, 5.74) is 2.61. The zero-order valence-corrected chi connectivity index (χ0v) is 13.6. The Kier molecular flexibility index (Phi) is 5.50. The van der Waals surface area contributed by atoms with E-state index < -0.39 is 10.2 Å². The fourth-order valence-corrected chi connectivity index (χ4v) is 3.50. The van der Waals surface area contributed by atoms with E-state index >= 15 is 0 Å². The summed E-state index contributed by atoms with van der Waals surface area (Å²) in [5.74, 6) is 0. The Hall–Kier alpha value is -0.540. The molecule has 1 aromatic heterocycles. The number of rotatable bonds is 9. The summed E-state index contributed by atoms with van der Waals surface area (Å²) in [7, 11) is -1.79. The summed E-state index contributed by atoms with van der Waals surface area (Å²) in [5, 5.41) is 3.38. The van der Waals surface area contributed by atoms with E-state index in [1.54, 1.807) is 12.6 Å². The highest BCUT2D eigenvalue weighted by Gasteiger charge is 2.21. The van der Waals surface area contributed by atoms with Crippen molar-refractivity contribution in [2.75, 3.05) is 20.1 Å². The maximum atomic E-state index is 12.1. The Labute approximate surface area is 124 Å². The van der Waals surface area contributed by atoms with Crippen molar-refractivity contribution in [3.63, 3.8) is 0 Å². The Morgan fingerprint density at radius 1 is 1.50 bits per heavy atom. The van der Waals surface area contributed by atoms with Crippen molar-refractivity contribution in [1.29, 1.82) is 0 Å². The molecule has 0 amide bonds. The van der Waals surface area contributed by atoms with Crippen LogP contribution in [0.4, 0.5) is 0 Å². The Morgan fingerprint density at radius 2 is 2.25 bits per heavy atom. The van der Waals surface area contributed by atoms with E-state index in [1.807, 2.05) is 6.92 Å². The molecule has 1 aliphatic carbocycles. The second kappa shape index (κ2) is 6.95. The van der Waals surface area contributed by atoms with Crippen LogP contribution in [0.15, 0.2) is 5.51 Å². The SMILES string of the molecule is Cc1ncsc1CNS(=O)(=O)N(C)CCCNC1CC1. The molecule has 2 rings (SSSR count). The largest absolute Gasteiger partial charge is 0.314 e. The summed E-state index contributed by atoms with van der Waals surface area (Å²) in [4.78, 5) is 5.06. The molecule has 0 spiro atoms. The fraction of sp³-hybridized carbons (Fsp3) is 0.750. The van der Waals surface area contributed by atoms with Gasteiger partial charge in [-0.3, -0.25) is 0 Å². The van der Waals surface area contributed by atoms with Crippen LogP contribution < -0.4 is 10.0 Å². The third-order valence-electron chi connectivity index (χ3n) is 3.33. The maximum Gasteiger partial charge on any atom is 0.279 e. The molecule has 1 saturated carbocycles. The van der Waals surface area contributed by atoms with Gasteiger partial charge >= 0.3 is 0 Å². The van der Waals surface area contributed by atoms with E-state index in [-0.39, 0.29) is 0 Å². The summed E-state index contributed by atoms with van der Waals surface area (Å²) in [6.07, 6.45) is 3.33. The van der Waals surface area contributed by atoms with Crippen LogP contribution in [-0.2, 0) is 16.8 Å². The van der Waals surface area contributed by atoms with Crippen LogP contribution >= 0.6 is 11.3 Å². The highest BCUT2D eigenvalue weighted by atomic mass is 32.2. The number of hydrogen-bond acceptors (Lipinski definition) is 5. The lowest BCUT2D eigenvalue weighted by atomic mass is 10.4. The highest BCUT2D eigenvalue weighted by Crippen LogP contribution is 2.18. The minimum Gasteiger partial charge on any atom is -0.314 e. The predicted molar refractivity (Wildman–Crippen MR) is 80.9 cm³/mol. The molecule has 2 N–H and O–H groups in total. The molecule has 0 radical (unpaired) electrons. The average molecular weight is 318 g/mol. The number of aromatic nitrogens is 1. The van der Waals surface area contributed by atoms with Crippen LogP contribution in [0.25, 0.3) is 0 Å². The first-order valence-electron chi connectivity index (χ1n) is 6.82. The first-order chi connectivity index (χ1) is 9.49. The van der Waals surface area contributed by atoms with E-state index in [4.69, 9.17) is 0 Å². The zero-order valence-electron chi connectivity index (χ0n) is 11.9. The molecule has 0 bridgehead atoms. The molecule has 1 heterocycles. The summed E-state index contributed by atoms with van der Waals surface area (Å²) >= 11 is 1.47. The molecule has 6 nitrogen and oxygen atoms in total. The Bertz CT molecular complexity index is 525. The maximum absolute atomic E-state index is 12.1. The molecule has 0 saturated heterocycles. The van der Waals surface area contributed by atoms with Gasteiger partial charge < -0.3 is 5.32 Å². The van der Waals surface area contributed by atoms with Gasteiger partial charge in [-0.05, 0) is 32.7 Å². The molecular formula is C12H22N4O2S2. The lowest BCUT2D eigenvalue weighted by Gasteiger charge is -2.17. The van der Waals surface area contributed by atoms with Gasteiger partial charge in [0.25, 0.3) is 10.2 Å². The minimum absolute atomic E-state index is 0.309. The zero-order chi connectivity index (χ0) is 14.6. The molecule has 1 fully saturated rings. The van der Waals surface area contributed by atoms with Crippen LogP contribution in [0.2, 0.25) is 0 Å². The van der Waals surface area contributed by atoms with Gasteiger partial charge in [-0.15, -0.1) is 11.3 Å². The topological polar surface area (TPSA) is 74.3 Å². The summed E-state index contributed by atoms with van der Waals surface area (Å²) < 4.78 is 28.1. The standard InChI is InChI=1S/C12H22N4O2S2/c1-10-12(19-9-14-10)8-15-20(17,18)16(2)7-3-6-13-11-4-5-11/h9,11,13,15H,3-8H2,1-2H3. The summed E-state index contributed by atoms with van der Waals surface area (Å²) in [6, 6.07) is 0.671. The van der Waals surface area contributed by atoms with Crippen molar-refractivity contribution in [1.82, 2.24) is 19.3 Å². The molecule has 1 aliphatic rings. The van der Waals surface area contributed by atoms with Crippen molar-refractivity contribution >= 4 is 21.5 Å².